The second-order valence-corrected chi connectivity index (χ2v) is 7.11. The third-order valence-electron chi connectivity index (χ3n) is 4.93. The van der Waals surface area contributed by atoms with Crippen LogP contribution < -0.4 is 10.6 Å². The molecule has 0 amide bonds. The molecule has 0 saturated carbocycles. The molecule has 1 aromatic rings. The maximum atomic E-state index is 12.5. The van der Waals surface area contributed by atoms with Gasteiger partial charge >= 0.3 is 6.18 Å². The van der Waals surface area contributed by atoms with Crippen LogP contribution in [0.25, 0.3) is 0 Å². The molecule has 158 valence electrons. The largest absolute Gasteiger partial charge is 0.401 e. The van der Waals surface area contributed by atoms with E-state index in [1.54, 1.807) is 6.08 Å². The van der Waals surface area contributed by atoms with Gasteiger partial charge in [0.05, 0.1) is 6.54 Å². The highest BCUT2D eigenvalue weighted by Gasteiger charge is 2.32. The first-order valence-electron chi connectivity index (χ1n) is 9.55. The van der Waals surface area contributed by atoms with Crippen LogP contribution in [0.1, 0.15) is 30.9 Å². The van der Waals surface area contributed by atoms with E-state index in [1.807, 2.05) is 18.5 Å². The van der Waals surface area contributed by atoms with Crippen molar-refractivity contribution in [3.05, 3.63) is 24.3 Å². The van der Waals surface area contributed by atoms with E-state index < -0.39 is 12.7 Å². The van der Waals surface area contributed by atoms with Gasteiger partial charge in [0.2, 0.25) is 0 Å². The fraction of sp³-hybridized carbons (Fsp3) is 0.722. The highest BCUT2D eigenvalue weighted by atomic mass is 19.4. The molecule has 7 nitrogen and oxygen atoms in total. The first-order valence-corrected chi connectivity index (χ1v) is 9.55. The van der Waals surface area contributed by atoms with E-state index in [9.17, 15) is 13.2 Å². The number of likely N-dealkylation sites (tertiary alicyclic amines) is 1. The summed E-state index contributed by atoms with van der Waals surface area (Å²) in [4.78, 5) is 6.02. The van der Waals surface area contributed by atoms with Crippen LogP contribution in [-0.4, -0.2) is 64.5 Å². The van der Waals surface area contributed by atoms with Crippen molar-refractivity contribution in [3.8, 4) is 0 Å². The number of aromatic nitrogens is 3. The van der Waals surface area contributed by atoms with Crippen LogP contribution in [0, 0.1) is 12.8 Å². The number of hydrogen-bond acceptors (Lipinski definition) is 4. The quantitative estimate of drug-likeness (QED) is 0.396. The molecule has 0 aromatic carbocycles. The molecule has 1 aliphatic heterocycles. The van der Waals surface area contributed by atoms with Gasteiger partial charge in [0.15, 0.2) is 11.8 Å². The molecule has 28 heavy (non-hydrogen) atoms. The van der Waals surface area contributed by atoms with E-state index >= 15 is 0 Å². The number of halogens is 3. The van der Waals surface area contributed by atoms with E-state index in [-0.39, 0.29) is 0 Å². The van der Waals surface area contributed by atoms with Crippen molar-refractivity contribution in [1.82, 2.24) is 30.3 Å². The third-order valence-corrected chi connectivity index (χ3v) is 4.93. The summed E-state index contributed by atoms with van der Waals surface area (Å²) in [5, 5.41) is 14.6. The van der Waals surface area contributed by atoms with Gasteiger partial charge in [0.1, 0.15) is 12.4 Å². The molecule has 0 atom stereocenters. The fourth-order valence-electron chi connectivity index (χ4n) is 3.16. The fourth-order valence-corrected chi connectivity index (χ4v) is 3.16. The van der Waals surface area contributed by atoms with E-state index in [1.165, 1.54) is 4.90 Å². The van der Waals surface area contributed by atoms with Crippen molar-refractivity contribution in [2.75, 3.05) is 32.7 Å². The highest BCUT2D eigenvalue weighted by molar-refractivity contribution is 5.79. The lowest BCUT2D eigenvalue weighted by atomic mass is 9.93. The van der Waals surface area contributed by atoms with Crippen LogP contribution in [0.15, 0.2) is 17.6 Å². The molecule has 1 aromatic heterocycles. The number of alkyl halides is 3. The van der Waals surface area contributed by atoms with Crippen LogP contribution in [0.3, 0.4) is 0 Å². The lowest BCUT2D eigenvalue weighted by molar-refractivity contribution is -0.148. The number of piperidine rings is 1. The van der Waals surface area contributed by atoms with E-state index in [0.29, 0.717) is 44.6 Å². The van der Waals surface area contributed by atoms with Crippen LogP contribution in [0.5, 0.6) is 0 Å². The van der Waals surface area contributed by atoms with Crippen molar-refractivity contribution in [3.63, 3.8) is 0 Å². The summed E-state index contributed by atoms with van der Waals surface area (Å²) < 4.78 is 39.3. The van der Waals surface area contributed by atoms with Gasteiger partial charge in [0, 0.05) is 20.1 Å². The summed E-state index contributed by atoms with van der Waals surface area (Å²) in [7, 11) is 1.90. The van der Waals surface area contributed by atoms with E-state index in [0.717, 1.165) is 30.9 Å². The summed E-state index contributed by atoms with van der Waals surface area (Å²) in [5.74, 6) is 2.69. The monoisotopic (exact) mass is 401 g/mol. The van der Waals surface area contributed by atoms with Gasteiger partial charge in [-0.05, 0) is 45.2 Å². The molecule has 10 heteroatoms. The Morgan fingerprint density at radius 3 is 2.57 bits per heavy atom. The Morgan fingerprint density at radius 1 is 1.29 bits per heavy atom. The third kappa shape index (κ3) is 7.49. The van der Waals surface area contributed by atoms with Crippen LogP contribution in [0.2, 0.25) is 0 Å². The van der Waals surface area contributed by atoms with Crippen LogP contribution >= 0.6 is 0 Å². The Bertz CT molecular complexity index is 646. The van der Waals surface area contributed by atoms with Gasteiger partial charge in [-0.15, -0.1) is 16.8 Å². The minimum absolute atomic E-state index is 0.402. The maximum Gasteiger partial charge on any atom is 0.401 e. The molecule has 1 saturated heterocycles. The van der Waals surface area contributed by atoms with Crippen molar-refractivity contribution < 1.29 is 13.2 Å². The van der Waals surface area contributed by atoms with Gasteiger partial charge in [0.25, 0.3) is 0 Å². The van der Waals surface area contributed by atoms with Gasteiger partial charge < -0.3 is 15.2 Å². The number of aliphatic imine (C=N–C) groups is 1. The standard InChI is InChI=1S/C18H30F3N7/c1-4-8-22-17(24-12-16-26-25-14(2)27(16)3)23-9-5-15-6-10-28(11-7-15)13-18(19,20)21/h4,15H,1,5-13H2,2-3H3,(H2,22,23,24). The Hall–Kier alpha value is -2.10. The number of nitrogens with zero attached hydrogens (tertiary/aromatic N) is 5. The molecule has 1 fully saturated rings. The number of hydrogen-bond donors (Lipinski definition) is 2. The minimum Gasteiger partial charge on any atom is -0.356 e. The first kappa shape index (κ1) is 22.2. The molecule has 0 radical (unpaired) electrons. The average molecular weight is 401 g/mol. The van der Waals surface area contributed by atoms with Crippen molar-refractivity contribution in [1.29, 1.82) is 0 Å². The Balaban J connectivity index is 1.76. The van der Waals surface area contributed by atoms with Crippen LogP contribution in [-0.2, 0) is 13.6 Å². The van der Waals surface area contributed by atoms with E-state index in [4.69, 9.17) is 0 Å². The highest BCUT2D eigenvalue weighted by Crippen LogP contribution is 2.23. The maximum absolute atomic E-state index is 12.5. The second kappa shape index (κ2) is 10.4. The lowest BCUT2D eigenvalue weighted by Gasteiger charge is -2.32. The van der Waals surface area contributed by atoms with Gasteiger partial charge in [-0.2, -0.15) is 13.2 Å². The summed E-state index contributed by atoms with van der Waals surface area (Å²) in [6, 6.07) is 0. The molecule has 1 aliphatic rings. The summed E-state index contributed by atoms with van der Waals surface area (Å²) in [5.41, 5.74) is 0. The van der Waals surface area contributed by atoms with Crippen molar-refractivity contribution in [2.24, 2.45) is 18.0 Å². The minimum atomic E-state index is -4.11. The topological polar surface area (TPSA) is 70.4 Å². The normalized spacial score (nSPS) is 17.0. The van der Waals surface area contributed by atoms with Crippen LogP contribution in [0.4, 0.5) is 13.2 Å². The number of aryl methyl sites for hydroxylation is 1. The zero-order valence-electron chi connectivity index (χ0n) is 16.6. The number of guanidine groups is 1. The first-order chi connectivity index (χ1) is 13.3. The molecular weight excluding hydrogens is 371 g/mol. The molecular formula is C18H30F3N7. The van der Waals surface area contributed by atoms with E-state index in [2.05, 4.69) is 32.4 Å². The van der Waals surface area contributed by atoms with Gasteiger partial charge in [-0.25, -0.2) is 4.99 Å². The Labute approximate surface area is 164 Å². The van der Waals surface area contributed by atoms with Gasteiger partial charge in [-0.3, -0.25) is 4.90 Å². The second-order valence-electron chi connectivity index (χ2n) is 7.11. The summed E-state index contributed by atoms with van der Waals surface area (Å²) >= 11 is 0. The lowest BCUT2D eigenvalue weighted by Crippen LogP contribution is -2.41. The summed E-state index contributed by atoms with van der Waals surface area (Å²) in [6.07, 6.45) is 0.126. The zero-order valence-corrected chi connectivity index (χ0v) is 16.6. The zero-order chi connectivity index (χ0) is 20.6. The Morgan fingerprint density at radius 2 is 2.00 bits per heavy atom. The van der Waals surface area contributed by atoms with Crippen molar-refractivity contribution in [2.45, 2.75) is 38.9 Å². The molecule has 0 spiro atoms. The average Bonchev–Trinajstić information content (AvgIpc) is 2.95. The molecule has 0 aliphatic carbocycles. The smallest absolute Gasteiger partial charge is 0.356 e. The molecule has 0 unspecified atom stereocenters. The molecule has 2 heterocycles. The molecule has 2 rings (SSSR count). The SMILES string of the molecule is C=CCNC(=NCc1nnc(C)n1C)NCCC1CCN(CC(F)(F)F)CC1. The molecule has 0 bridgehead atoms. The summed E-state index contributed by atoms with van der Waals surface area (Å²) in [6.45, 7) is 7.49. The van der Waals surface area contributed by atoms with Crippen molar-refractivity contribution >= 4 is 5.96 Å². The number of nitrogens with one attached hydrogen (secondary N) is 2. The Kier molecular flexibility index (Phi) is 8.28. The number of rotatable bonds is 8. The predicted octanol–water partition coefficient (Wildman–Crippen LogP) is 2.01. The van der Waals surface area contributed by atoms with Gasteiger partial charge in [-0.1, -0.05) is 6.08 Å². The predicted molar refractivity (Wildman–Crippen MR) is 103 cm³/mol. The molecule has 2 N–H and O–H groups in total.